The maximum atomic E-state index is 13.0. The Bertz CT molecular complexity index is 301. The normalized spacial score (nSPS) is 22.2. The first-order chi connectivity index (χ1) is 6.75. The first-order valence-corrected chi connectivity index (χ1v) is 4.98. The van der Waals surface area contributed by atoms with Crippen molar-refractivity contribution in [3.05, 3.63) is 29.6 Å². The van der Waals surface area contributed by atoms with Gasteiger partial charge in [-0.25, -0.2) is 4.39 Å². The van der Waals surface area contributed by atoms with Crippen molar-refractivity contribution in [1.82, 2.24) is 5.32 Å². The molecule has 1 atom stereocenters. The Morgan fingerprint density at radius 2 is 2.14 bits per heavy atom. The number of hydrogen-bond acceptors (Lipinski definition) is 2. The molecule has 1 fully saturated rings. The molecule has 0 radical (unpaired) electrons. The molecule has 1 aliphatic heterocycles. The quantitative estimate of drug-likeness (QED) is 0.721. The molecule has 0 aromatic heterocycles. The lowest BCUT2D eigenvalue weighted by atomic mass is 9.97. The average Bonchev–Trinajstić information content (AvgIpc) is 2.18. The molecule has 76 valence electrons. The summed E-state index contributed by atoms with van der Waals surface area (Å²) in [6.07, 6.45) is 3.36. The molecule has 1 aromatic rings. The van der Waals surface area contributed by atoms with E-state index in [9.17, 15) is 9.50 Å². The van der Waals surface area contributed by atoms with Crippen LogP contribution in [-0.2, 0) is 0 Å². The lowest BCUT2D eigenvalue weighted by Gasteiger charge is -2.23. The molecule has 2 N–H and O–H groups in total. The molecule has 0 amide bonds. The van der Waals surface area contributed by atoms with Crippen molar-refractivity contribution in [2.45, 2.75) is 25.3 Å². The van der Waals surface area contributed by atoms with Crippen molar-refractivity contribution in [3.63, 3.8) is 0 Å². The van der Waals surface area contributed by atoms with Crippen LogP contribution >= 0.6 is 0 Å². The summed E-state index contributed by atoms with van der Waals surface area (Å²) in [6, 6.07) is 4.45. The molecule has 2 nitrogen and oxygen atoms in total. The monoisotopic (exact) mass is 195 g/mol. The zero-order valence-corrected chi connectivity index (χ0v) is 7.96. The summed E-state index contributed by atoms with van der Waals surface area (Å²) >= 11 is 0. The molecule has 1 aromatic carbocycles. The first-order valence-electron chi connectivity index (χ1n) is 4.98. The molecule has 3 heteroatoms. The van der Waals surface area contributed by atoms with Gasteiger partial charge in [0, 0.05) is 12.1 Å². The van der Waals surface area contributed by atoms with E-state index >= 15 is 0 Å². The molecule has 0 spiro atoms. The lowest BCUT2D eigenvalue weighted by molar-refractivity contribution is 0.407. The second kappa shape index (κ2) is 3.96. The molecule has 2 rings (SSSR count). The Morgan fingerprint density at radius 1 is 1.29 bits per heavy atom. The Morgan fingerprint density at radius 3 is 2.79 bits per heavy atom. The zero-order chi connectivity index (χ0) is 9.97. The van der Waals surface area contributed by atoms with Crippen LogP contribution < -0.4 is 5.32 Å². The molecular formula is C11H14FNO. The van der Waals surface area contributed by atoms with Crippen molar-refractivity contribution in [1.29, 1.82) is 0 Å². The van der Waals surface area contributed by atoms with Gasteiger partial charge in [-0.15, -0.1) is 0 Å². The fourth-order valence-electron chi connectivity index (χ4n) is 1.93. The van der Waals surface area contributed by atoms with Crippen molar-refractivity contribution in [2.24, 2.45) is 0 Å². The third kappa shape index (κ3) is 2.04. The molecular weight excluding hydrogens is 181 g/mol. The average molecular weight is 195 g/mol. The Hall–Kier alpha value is -1.09. The number of phenols is 1. The number of hydrogen-bond donors (Lipinski definition) is 2. The largest absolute Gasteiger partial charge is 0.508 e. The van der Waals surface area contributed by atoms with Gasteiger partial charge in [-0.1, -0.05) is 6.42 Å². The van der Waals surface area contributed by atoms with Crippen molar-refractivity contribution in [3.8, 4) is 5.75 Å². The van der Waals surface area contributed by atoms with E-state index in [2.05, 4.69) is 5.32 Å². The number of nitrogens with one attached hydrogen (secondary N) is 1. The zero-order valence-electron chi connectivity index (χ0n) is 7.96. The van der Waals surface area contributed by atoms with Crippen LogP contribution in [0.4, 0.5) is 4.39 Å². The highest BCUT2D eigenvalue weighted by atomic mass is 19.1. The van der Waals surface area contributed by atoms with Gasteiger partial charge in [0.05, 0.1) is 0 Å². The third-order valence-corrected chi connectivity index (χ3v) is 2.62. The molecule has 0 bridgehead atoms. The predicted molar refractivity (Wildman–Crippen MR) is 52.7 cm³/mol. The Kier molecular flexibility index (Phi) is 2.68. The topological polar surface area (TPSA) is 32.3 Å². The summed E-state index contributed by atoms with van der Waals surface area (Å²) < 4.78 is 13.0. The summed E-state index contributed by atoms with van der Waals surface area (Å²) in [5, 5.41) is 12.6. The highest BCUT2D eigenvalue weighted by Crippen LogP contribution is 2.26. The number of halogens is 1. The Balaban J connectivity index is 2.21. The van der Waals surface area contributed by atoms with E-state index in [-0.39, 0.29) is 17.6 Å². The highest BCUT2D eigenvalue weighted by molar-refractivity contribution is 5.30. The van der Waals surface area contributed by atoms with Crippen LogP contribution in [0.3, 0.4) is 0 Å². The van der Waals surface area contributed by atoms with Crippen LogP contribution in [0.1, 0.15) is 30.9 Å². The maximum Gasteiger partial charge on any atom is 0.127 e. The number of piperidine rings is 1. The second-order valence-corrected chi connectivity index (χ2v) is 3.75. The van der Waals surface area contributed by atoms with Crippen LogP contribution in [0.2, 0.25) is 0 Å². The van der Waals surface area contributed by atoms with E-state index in [0.29, 0.717) is 0 Å². The van der Waals surface area contributed by atoms with E-state index in [1.807, 2.05) is 0 Å². The summed E-state index contributed by atoms with van der Waals surface area (Å²) in [6.45, 7) is 0.974. The van der Waals surface area contributed by atoms with Crippen LogP contribution in [0, 0.1) is 5.82 Å². The van der Waals surface area contributed by atoms with Gasteiger partial charge < -0.3 is 10.4 Å². The number of phenolic OH excluding ortho intramolecular Hbond substituents is 1. The molecule has 1 aliphatic rings. The standard InChI is InChI=1S/C11H14FNO/c12-9-5-8(6-10(14)7-9)11-3-1-2-4-13-11/h5-7,11,13-14H,1-4H2/t11-/m1/s1. The molecule has 1 saturated heterocycles. The van der Waals surface area contributed by atoms with Crippen molar-refractivity contribution in [2.75, 3.05) is 6.54 Å². The van der Waals surface area contributed by atoms with E-state index in [1.165, 1.54) is 12.5 Å². The van der Waals surface area contributed by atoms with Crippen LogP contribution in [0.25, 0.3) is 0 Å². The minimum atomic E-state index is -0.368. The van der Waals surface area contributed by atoms with Gasteiger partial charge in [0.2, 0.25) is 0 Å². The van der Waals surface area contributed by atoms with E-state index < -0.39 is 0 Å². The smallest absolute Gasteiger partial charge is 0.127 e. The van der Waals surface area contributed by atoms with Gasteiger partial charge >= 0.3 is 0 Å². The van der Waals surface area contributed by atoms with Crippen molar-refractivity contribution < 1.29 is 9.50 Å². The molecule has 0 aliphatic carbocycles. The summed E-state index contributed by atoms with van der Waals surface area (Å²) in [5.41, 5.74) is 0.849. The van der Waals surface area contributed by atoms with Gasteiger partial charge in [0.25, 0.3) is 0 Å². The SMILES string of the molecule is Oc1cc(F)cc([C@H]2CCCCN2)c1. The molecule has 14 heavy (non-hydrogen) atoms. The van der Waals surface area contributed by atoms with Gasteiger partial charge in [0.1, 0.15) is 11.6 Å². The first kappa shape index (κ1) is 9.46. The fraction of sp³-hybridized carbons (Fsp3) is 0.455. The fourth-order valence-corrected chi connectivity index (χ4v) is 1.93. The number of benzene rings is 1. The molecule has 0 unspecified atom stereocenters. The Labute approximate surface area is 82.8 Å². The van der Waals surface area contributed by atoms with Gasteiger partial charge in [-0.2, -0.15) is 0 Å². The van der Waals surface area contributed by atoms with Crippen LogP contribution in [0.5, 0.6) is 5.75 Å². The third-order valence-electron chi connectivity index (χ3n) is 2.62. The molecule has 1 heterocycles. The van der Waals surface area contributed by atoms with Crippen LogP contribution in [0.15, 0.2) is 18.2 Å². The van der Waals surface area contributed by atoms with E-state index in [0.717, 1.165) is 31.0 Å². The summed E-state index contributed by atoms with van der Waals surface area (Å²) in [4.78, 5) is 0. The highest BCUT2D eigenvalue weighted by Gasteiger charge is 2.15. The second-order valence-electron chi connectivity index (χ2n) is 3.75. The lowest BCUT2D eigenvalue weighted by Crippen LogP contribution is -2.26. The summed E-state index contributed by atoms with van der Waals surface area (Å²) in [5.74, 6) is -0.361. The van der Waals surface area contributed by atoms with Gasteiger partial charge in [-0.3, -0.25) is 0 Å². The minimum Gasteiger partial charge on any atom is -0.508 e. The maximum absolute atomic E-state index is 13.0. The van der Waals surface area contributed by atoms with Crippen molar-refractivity contribution >= 4 is 0 Å². The van der Waals surface area contributed by atoms with Gasteiger partial charge in [0.15, 0.2) is 0 Å². The summed E-state index contributed by atoms with van der Waals surface area (Å²) in [7, 11) is 0. The van der Waals surface area contributed by atoms with Crippen LogP contribution in [-0.4, -0.2) is 11.7 Å². The molecule has 0 saturated carbocycles. The number of rotatable bonds is 1. The van der Waals surface area contributed by atoms with E-state index in [1.54, 1.807) is 6.07 Å². The number of aromatic hydroxyl groups is 1. The van der Waals surface area contributed by atoms with E-state index in [4.69, 9.17) is 0 Å². The van der Waals surface area contributed by atoms with Gasteiger partial charge in [-0.05, 0) is 37.1 Å². The minimum absolute atomic E-state index is 0.00683. The predicted octanol–water partition coefficient (Wildman–Crippen LogP) is 2.35.